The fourth-order valence-corrected chi connectivity index (χ4v) is 1.56. The summed E-state index contributed by atoms with van der Waals surface area (Å²) in [5.74, 6) is -0.130. The molecule has 1 rings (SSSR count). The molecule has 0 aliphatic carbocycles. The molecular formula is C12H19N3O. The van der Waals surface area contributed by atoms with Crippen LogP contribution in [-0.4, -0.2) is 32.1 Å². The van der Waals surface area contributed by atoms with E-state index in [2.05, 4.69) is 10.2 Å². The molecule has 1 aromatic rings. The van der Waals surface area contributed by atoms with Gasteiger partial charge in [0.2, 0.25) is 5.91 Å². The average molecular weight is 221 g/mol. The Morgan fingerprint density at radius 1 is 1.44 bits per heavy atom. The van der Waals surface area contributed by atoms with Crippen LogP contribution in [0.15, 0.2) is 30.3 Å². The lowest BCUT2D eigenvalue weighted by molar-refractivity contribution is -0.121. The van der Waals surface area contributed by atoms with Crippen molar-refractivity contribution in [1.29, 1.82) is 0 Å². The first-order valence-corrected chi connectivity index (χ1v) is 5.46. The van der Waals surface area contributed by atoms with Gasteiger partial charge in [0.15, 0.2) is 0 Å². The van der Waals surface area contributed by atoms with Crippen LogP contribution in [0.5, 0.6) is 0 Å². The highest BCUT2D eigenvalue weighted by Gasteiger charge is 2.15. The van der Waals surface area contributed by atoms with Gasteiger partial charge in [0.05, 0.1) is 0 Å². The molecule has 1 amide bonds. The molecule has 0 aliphatic rings. The number of hydrogen-bond donors (Lipinski definition) is 2. The van der Waals surface area contributed by atoms with Crippen LogP contribution in [-0.2, 0) is 4.79 Å². The van der Waals surface area contributed by atoms with Gasteiger partial charge in [-0.25, -0.2) is 0 Å². The number of likely N-dealkylation sites (N-methyl/N-ethyl adjacent to an activating group) is 2. The van der Waals surface area contributed by atoms with Crippen LogP contribution in [0.4, 0.5) is 5.69 Å². The first-order valence-electron chi connectivity index (χ1n) is 5.46. The second-order valence-corrected chi connectivity index (χ2v) is 3.59. The number of amides is 1. The van der Waals surface area contributed by atoms with E-state index in [1.54, 1.807) is 7.05 Å². The zero-order valence-corrected chi connectivity index (χ0v) is 9.81. The summed E-state index contributed by atoms with van der Waals surface area (Å²) in [6, 6.07) is 9.45. The molecule has 16 heavy (non-hydrogen) atoms. The van der Waals surface area contributed by atoms with Gasteiger partial charge in [0, 0.05) is 25.8 Å². The van der Waals surface area contributed by atoms with Gasteiger partial charge in [-0.2, -0.15) is 0 Å². The van der Waals surface area contributed by atoms with Crippen molar-refractivity contribution in [3.63, 3.8) is 0 Å². The second-order valence-electron chi connectivity index (χ2n) is 3.59. The molecule has 0 saturated heterocycles. The Labute approximate surface area is 96.4 Å². The maximum Gasteiger partial charge on any atom is 0.238 e. The minimum atomic E-state index is -0.495. The van der Waals surface area contributed by atoms with Crippen molar-refractivity contribution in [2.45, 2.75) is 13.0 Å². The van der Waals surface area contributed by atoms with Gasteiger partial charge in [-0.15, -0.1) is 0 Å². The number of carbonyl (C=O) groups is 1. The van der Waals surface area contributed by atoms with Gasteiger partial charge < -0.3 is 16.0 Å². The standard InChI is InChI=1S/C12H19N3O/c1-3-15(9-11(13)12(16)14-2)10-7-5-4-6-8-10/h4-8,11H,3,9,13H2,1-2H3,(H,14,16)/t11-/m0/s1. The van der Waals surface area contributed by atoms with Gasteiger partial charge >= 0.3 is 0 Å². The predicted molar refractivity (Wildman–Crippen MR) is 66.4 cm³/mol. The lowest BCUT2D eigenvalue weighted by Gasteiger charge is -2.25. The second kappa shape index (κ2) is 6.12. The molecule has 4 heteroatoms. The van der Waals surface area contributed by atoms with Crippen molar-refractivity contribution < 1.29 is 4.79 Å². The topological polar surface area (TPSA) is 58.4 Å². The Morgan fingerprint density at radius 2 is 2.06 bits per heavy atom. The molecule has 0 fully saturated rings. The Kier molecular flexibility index (Phi) is 4.79. The molecule has 1 aromatic carbocycles. The van der Waals surface area contributed by atoms with Crippen LogP contribution in [0.2, 0.25) is 0 Å². The summed E-state index contributed by atoms with van der Waals surface area (Å²) < 4.78 is 0. The van der Waals surface area contributed by atoms with Crippen molar-refractivity contribution in [3.8, 4) is 0 Å². The number of carbonyl (C=O) groups excluding carboxylic acids is 1. The lowest BCUT2D eigenvalue weighted by atomic mass is 10.2. The van der Waals surface area contributed by atoms with Crippen LogP contribution in [0.3, 0.4) is 0 Å². The Balaban J connectivity index is 2.66. The first kappa shape index (κ1) is 12.5. The molecule has 0 heterocycles. The minimum Gasteiger partial charge on any atom is -0.370 e. The third kappa shape index (κ3) is 3.24. The summed E-state index contributed by atoms with van der Waals surface area (Å²) >= 11 is 0. The fourth-order valence-electron chi connectivity index (χ4n) is 1.56. The molecule has 0 aromatic heterocycles. The maximum atomic E-state index is 11.3. The number of anilines is 1. The maximum absolute atomic E-state index is 11.3. The van der Waals surface area contributed by atoms with Gasteiger partial charge in [0.1, 0.15) is 6.04 Å². The van der Waals surface area contributed by atoms with Crippen molar-refractivity contribution in [1.82, 2.24) is 5.32 Å². The number of nitrogens with two attached hydrogens (primary N) is 1. The van der Waals surface area contributed by atoms with Crippen molar-refractivity contribution in [2.75, 3.05) is 25.0 Å². The molecule has 0 unspecified atom stereocenters. The summed E-state index contributed by atoms with van der Waals surface area (Å²) in [5.41, 5.74) is 6.88. The van der Waals surface area contributed by atoms with Crippen LogP contribution >= 0.6 is 0 Å². The number of hydrogen-bond acceptors (Lipinski definition) is 3. The fraction of sp³-hybridized carbons (Fsp3) is 0.417. The van der Waals surface area contributed by atoms with Gasteiger partial charge in [0.25, 0.3) is 0 Å². The smallest absolute Gasteiger partial charge is 0.238 e. The highest BCUT2D eigenvalue weighted by molar-refractivity contribution is 5.81. The molecule has 1 atom stereocenters. The lowest BCUT2D eigenvalue weighted by Crippen LogP contribution is -2.47. The molecule has 3 N–H and O–H groups in total. The van der Waals surface area contributed by atoms with Crippen LogP contribution < -0.4 is 16.0 Å². The normalized spacial score (nSPS) is 11.9. The average Bonchev–Trinajstić information content (AvgIpc) is 2.35. The van der Waals surface area contributed by atoms with E-state index in [0.717, 1.165) is 12.2 Å². The summed E-state index contributed by atoms with van der Waals surface area (Å²) in [6.07, 6.45) is 0. The Hall–Kier alpha value is -1.55. The minimum absolute atomic E-state index is 0.130. The van der Waals surface area contributed by atoms with Crippen molar-refractivity contribution in [2.24, 2.45) is 5.73 Å². The van der Waals surface area contributed by atoms with Crippen molar-refractivity contribution >= 4 is 11.6 Å². The number of nitrogens with one attached hydrogen (secondary N) is 1. The van der Waals surface area contributed by atoms with E-state index in [4.69, 9.17) is 5.73 Å². The highest BCUT2D eigenvalue weighted by atomic mass is 16.2. The Morgan fingerprint density at radius 3 is 2.56 bits per heavy atom. The molecule has 88 valence electrons. The van der Waals surface area contributed by atoms with E-state index < -0.39 is 6.04 Å². The van der Waals surface area contributed by atoms with E-state index in [1.165, 1.54) is 0 Å². The largest absolute Gasteiger partial charge is 0.370 e. The molecule has 0 saturated carbocycles. The third-order valence-corrected chi connectivity index (χ3v) is 2.50. The molecular weight excluding hydrogens is 202 g/mol. The summed E-state index contributed by atoms with van der Waals surface area (Å²) in [4.78, 5) is 13.4. The van der Waals surface area contributed by atoms with E-state index in [9.17, 15) is 4.79 Å². The predicted octanol–water partition coefficient (Wildman–Crippen LogP) is 0.586. The van der Waals surface area contributed by atoms with Gasteiger partial charge in [-0.05, 0) is 19.1 Å². The zero-order chi connectivity index (χ0) is 12.0. The monoisotopic (exact) mass is 221 g/mol. The van der Waals surface area contributed by atoms with E-state index in [1.807, 2.05) is 37.3 Å². The van der Waals surface area contributed by atoms with E-state index >= 15 is 0 Å². The quantitative estimate of drug-likeness (QED) is 0.765. The molecule has 4 nitrogen and oxygen atoms in total. The number of rotatable bonds is 5. The SMILES string of the molecule is CCN(C[C@H](N)C(=O)NC)c1ccccc1. The van der Waals surface area contributed by atoms with Crippen LogP contribution in [0.1, 0.15) is 6.92 Å². The van der Waals surface area contributed by atoms with E-state index in [-0.39, 0.29) is 5.91 Å². The van der Waals surface area contributed by atoms with Gasteiger partial charge in [-0.3, -0.25) is 4.79 Å². The summed E-state index contributed by atoms with van der Waals surface area (Å²) in [5, 5.41) is 2.56. The molecule has 0 aliphatic heterocycles. The first-order chi connectivity index (χ1) is 7.69. The number of nitrogens with zero attached hydrogens (tertiary/aromatic N) is 1. The summed E-state index contributed by atoms with van der Waals surface area (Å²) in [6.45, 7) is 3.40. The zero-order valence-electron chi connectivity index (χ0n) is 9.81. The van der Waals surface area contributed by atoms with Gasteiger partial charge in [-0.1, -0.05) is 18.2 Å². The van der Waals surface area contributed by atoms with Crippen LogP contribution in [0.25, 0.3) is 0 Å². The number of benzene rings is 1. The van der Waals surface area contributed by atoms with E-state index in [0.29, 0.717) is 6.54 Å². The highest BCUT2D eigenvalue weighted by Crippen LogP contribution is 2.12. The Bertz CT molecular complexity index is 326. The molecule has 0 spiro atoms. The van der Waals surface area contributed by atoms with Crippen molar-refractivity contribution in [3.05, 3.63) is 30.3 Å². The molecule has 0 bridgehead atoms. The molecule has 0 radical (unpaired) electrons. The summed E-state index contributed by atoms with van der Waals surface area (Å²) in [7, 11) is 1.60. The van der Waals surface area contributed by atoms with Crippen LogP contribution in [0, 0.1) is 0 Å². The number of para-hydroxylation sites is 1. The third-order valence-electron chi connectivity index (χ3n) is 2.50.